The maximum Gasteiger partial charge on any atom is 0.337 e. The van der Waals surface area contributed by atoms with Gasteiger partial charge in [0, 0.05) is 7.11 Å². The van der Waals surface area contributed by atoms with Crippen molar-refractivity contribution in [1.82, 2.24) is 0 Å². The fourth-order valence-electron chi connectivity index (χ4n) is 2.48. The van der Waals surface area contributed by atoms with Gasteiger partial charge in [0.1, 0.15) is 12.4 Å². The zero-order chi connectivity index (χ0) is 20.1. The number of carbonyl (C=O) groups is 1. The summed E-state index contributed by atoms with van der Waals surface area (Å²) in [6.07, 6.45) is 0. The van der Waals surface area contributed by atoms with Crippen LogP contribution < -0.4 is 4.74 Å². The fourth-order valence-corrected chi connectivity index (χ4v) is 2.48. The smallest absolute Gasteiger partial charge is 0.337 e. The van der Waals surface area contributed by atoms with Crippen LogP contribution in [-0.2, 0) is 23.7 Å². The summed E-state index contributed by atoms with van der Waals surface area (Å²) in [4.78, 5) is 12.2. The molecule has 0 atom stereocenters. The van der Waals surface area contributed by atoms with Crippen LogP contribution in [-0.4, -0.2) is 59.3 Å². The zero-order valence-corrected chi connectivity index (χ0v) is 17.3. The number of methoxy groups -OCH3 is 1. The van der Waals surface area contributed by atoms with Gasteiger partial charge in [-0.2, -0.15) is 0 Å². The van der Waals surface area contributed by atoms with Crippen molar-refractivity contribution in [3.63, 3.8) is 0 Å². The quantitative estimate of drug-likeness (QED) is 0.279. The molecule has 0 saturated heterocycles. The minimum absolute atomic E-state index is 0.0995. The lowest BCUT2D eigenvalue weighted by Gasteiger charge is -2.18. The lowest BCUT2D eigenvalue weighted by Crippen LogP contribution is -2.19. The van der Waals surface area contributed by atoms with Crippen LogP contribution in [0.15, 0.2) is 18.2 Å². The van der Waals surface area contributed by atoms with E-state index in [4.69, 9.17) is 23.7 Å². The van der Waals surface area contributed by atoms with Crippen molar-refractivity contribution in [1.29, 1.82) is 0 Å². The van der Waals surface area contributed by atoms with E-state index in [1.807, 2.05) is 18.2 Å². The molecule has 27 heavy (non-hydrogen) atoms. The summed E-state index contributed by atoms with van der Waals surface area (Å²) in [6.45, 7) is 11.1. The van der Waals surface area contributed by atoms with Crippen LogP contribution in [0.4, 0.5) is 0 Å². The molecule has 0 amide bonds. The average molecular weight is 382 g/mol. The number of carbonyl (C=O) groups excluding carboxylic acids is 1. The molecule has 0 N–H and O–H groups in total. The molecule has 0 unspecified atom stereocenters. The van der Waals surface area contributed by atoms with Crippen LogP contribution in [0, 0.1) is 0 Å². The molecule has 6 nitrogen and oxygen atoms in total. The molecule has 1 aromatic carbocycles. The third kappa shape index (κ3) is 9.33. The van der Waals surface area contributed by atoms with Gasteiger partial charge in [0.25, 0.3) is 0 Å². The van der Waals surface area contributed by atoms with Gasteiger partial charge in [-0.1, -0.05) is 45.9 Å². The first-order valence-electron chi connectivity index (χ1n) is 9.53. The number of hydrogen-bond donors (Lipinski definition) is 0. The summed E-state index contributed by atoms with van der Waals surface area (Å²) >= 11 is 0. The van der Waals surface area contributed by atoms with E-state index >= 15 is 0 Å². The average Bonchev–Trinajstić information content (AvgIpc) is 2.63. The molecule has 0 heterocycles. The largest absolute Gasteiger partial charge is 0.424 e. The molecule has 6 heteroatoms. The Morgan fingerprint density at radius 3 is 1.78 bits per heavy atom. The third-order valence-corrected chi connectivity index (χ3v) is 3.93. The lowest BCUT2D eigenvalue weighted by molar-refractivity contribution is -0.140. The summed E-state index contributed by atoms with van der Waals surface area (Å²) in [7, 11) is 1.63. The summed E-state index contributed by atoms with van der Waals surface area (Å²) in [6, 6.07) is 6.01. The van der Waals surface area contributed by atoms with Crippen molar-refractivity contribution in [3.8, 4) is 5.75 Å². The standard InChI is InChI=1S/C21H34O6/c1-16(2)18-7-6-8-19(17(3)4)21(18)27-20(22)15-26-14-13-25-12-11-24-10-9-23-5/h6-8,16-17H,9-15H2,1-5H3. The third-order valence-electron chi connectivity index (χ3n) is 3.93. The van der Waals surface area contributed by atoms with Gasteiger partial charge in [-0.15, -0.1) is 0 Å². The predicted octanol–water partition coefficient (Wildman–Crippen LogP) is 3.54. The van der Waals surface area contributed by atoms with Gasteiger partial charge < -0.3 is 23.7 Å². The highest BCUT2D eigenvalue weighted by Gasteiger charge is 2.18. The second-order valence-corrected chi connectivity index (χ2v) is 6.82. The van der Waals surface area contributed by atoms with Gasteiger partial charge in [0.2, 0.25) is 0 Å². The second kappa shape index (κ2) is 13.7. The summed E-state index contributed by atoms with van der Waals surface area (Å²) in [5.41, 5.74) is 2.07. The minimum atomic E-state index is -0.395. The number of para-hydroxylation sites is 1. The van der Waals surface area contributed by atoms with Crippen molar-refractivity contribution in [2.24, 2.45) is 0 Å². The molecule has 1 rings (SSSR count). The van der Waals surface area contributed by atoms with Crippen molar-refractivity contribution >= 4 is 5.97 Å². The normalized spacial score (nSPS) is 11.4. The van der Waals surface area contributed by atoms with Gasteiger partial charge in [0.05, 0.1) is 39.6 Å². The van der Waals surface area contributed by atoms with Gasteiger partial charge in [0.15, 0.2) is 0 Å². The molecule has 0 aromatic heterocycles. The molecule has 154 valence electrons. The molecule has 0 aliphatic rings. The van der Waals surface area contributed by atoms with Gasteiger partial charge in [-0.3, -0.25) is 0 Å². The van der Waals surface area contributed by atoms with Crippen LogP contribution in [0.25, 0.3) is 0 Å². The van der Waals surface area contributed by atoms with E-state index in [1.165, 1.54) is 0 Å². The summed E-state index contributed by atoms with van der Waals surface area (Å²) in [5, 5.41) is 0. The zero-order valence-electron chi connectivity index (χ0n) is 17.3. The number of esters is 1. The van der Waals surface area contributed by atoms with E-state index in [-0.39, 0.29) is 18.4 Å². The molecule has 0 fully saturated rings. The Hall–Kier alpha value is -1.47. The van der Waals surface area contributed by atoms with E-state index in [2.05, 4.69) is 27.7 Å². The van der Waals surface area contributed by atoms with E-state index in [9.17, 15) is 4.79 Å². The molecule has 0 aliphatic heterocycles. The van der Waals surface area contributed by atoms with Crippen molar-refractivity contribution in [2.45, 2.75) is 39.5 Å². The van der Waals surface area contributed by atoms with E-state index < -0.39 is 5.97 Å². The topological polar surface area (TPSA) is 63.2 Å². The number of ether oxygens (including phenoxy) is 5. The van der Waals surface area contributed by atoms with Crippen LogP contribution in [0.3, 0.4) is 0 Å². The number of rotatable bonds is 14. The lowest BCUT2D eigenvalue weighted by atomic mass is 9.94. The maximum atomic E-state index is 12.2. The SMILES string of the molecule is COCCOCCOCCOCC(=O)Oc1c(C(C)C)cccc1C(C)C. The number of hydrogen-bond acceptors (Lipinski definition) is 6. The first-order chi connectivity index (χ1) is 13.0. The predicted molar refractivity (Wildman–Crippen MR) is 105 cm³/mol. The molecule has 1 aromatic rings. The van der Waals surface area contributed by atoms with Crippen LogP contribution in [0.1, 0.15) is 50.7 Å². The van der Waals surface area contributed by atoms with E-state index in [1.54, 1.807) is 7.11 Å². The first kappa shape index (κ1) is 23.6. The van der Waals surface area contributed by atoms with E-state index in [0.717, 1.165) is 11.1 Å². The molecule has 0 aliphatic carbocycles. The summed E-state index contributed by atoms with van der Waals surface area (Å²) in [5.74, 6) is 0.812. The van der Waals surface area contributed by atoms with Gasteiger partial charge >= 0.3 is 5.97 Å². The van der Waals surface area contributed by atoms with Crippen molar-refractivity contribution in [2.75, 3.05) is 53.4 Å². The van der Waals surface area contributed by atoms with Crippen LogP contribution in [0.5, 0.6) is 5.75 Å². The molecule has 0 bridgehead atoms. The summed E-state index contributed by atoms with van der Waals surface area (Å²) < 4.78 is 26.5. The molecule has 0 radical (unpaired) electrons. The Morgan fingerprint density at radius 2 is 1.30 bits per heavy atom. The Morgan fingerprint density at radius 1 is 0.815 bits per heavy atom. The van der Waals surface area contributed by atoms with Gasteiger partial charge in [-0.25, -0.2) is 4.79 Å². The molecule has 0 saturated carbocycles. The number of benzene rings is 1. The monoisotopic (exact) mass is 382 g/mol. The Balaban J connectivity index is 2.33. The highest BCUT2D eigenvalue weighted by Crippen LogP contribution is 2.34. The fraction of sp³-hybridized carbons (Fsp3) is 0.667. The van der Waals surface area contributed by atoms with Crippen molar-refractivity contribution in [3.05, 3.63) is 29.3 Å². The molecular weight excluding hydrogens is 348 g/mol. The Kier molecular flexibility index (Phi) is 11.9. The minimum Gasteiger partial charge on any atom is -0.424 e. The molecular formula is C21H34O6. The maximum absolute atomic E-state index is 12.2. The Labute approximate surface area is 163 Å². The first-order valence-corrected chi connectivity index (χ1v) is 9.53. The highest BCUT2D eigenvalue weighted by molar-refractivity contribution is 5.74. The highest BCUT2D eigenvalue weighted by atomic mass is 16.6. The van der Waals surface area contributed by atoms with Gasteiger partial charge in [-0.05, 0) is 23.0 Å². The molecule has 0 spiro atoms. The van der Waals surface area contributed by atoms with Crippen molar-refractivity contribution < 1.29 is 28.5 Å². The second-order valence-electron chi connectivity index (χ2n) is 6.82. The van der Waals surface area contributed by atoms with E-state index in [0.29, 0.717) is 45.4 Å². The van der Waals surface area contributed by atoms with Crippen LogP contribution in [0.2, 0.25) is 0 Å². The van der Waals surface area contributed by atoms with Crippen LogP contribution >= 0.6 is 0 Å². The Bertz CT molecular complexity index is 515.